The van der Waals surface area contributed by atoms with E-state index in [0.717, 1.165) is 35.5 Å². The molecule has 2 amide bonds. The summed E-state index contributed by atoms with van der Waals surface area (Å²) >= 11 is 0. The molecule has 0 aromatic heterocycles. The van der Waals surface area contributed by atoms with Crippen LogP contribution in [0.15, 0.2) is 36.4 Å². The molecule has 0 unspecified atom stereocenters. The van der Waals surface area contributed by atoms with Crippen molar-refractivity contribution in [2.24, 2.45) is 0 Å². The van der Waals surface area contributed by atoms with Crippen molar-refractivity contribution in [1.29, 1.82) is 0 Å². The molecule has 0 spiro atoms. The maximum absolute atomic E-state index is 13.7. The molecular weight excluding hydrogens is 312 g/mol. The predicted molar refractivity (Wildman–Crippen MR) is 90.2 cm³/mol. The van der Waals surface area contributed by atoms with Crippen LogP contribution < -0.4 is 15.5 Å². The van der Waals surface area contributed by atoms with Crippen molar-refractivity contribution in [2.45, 2.75) is 19.9 Å². The number of fused-ring (bicyclic) bond motifs is 1. The number of nitrogens with zero attached hydrogens (tertiary/aromatic N) is 1. The van der Waals surface area contributed by atoms with Crippen LogP contribution in [0.25, 0.3) is 0 Å². The summed E-state index contributed by atoms with van der Waals surface area (Å²) in [5.41, 5.74) is 2.97. The molecule has 2 N–H and O–H groups in total. The first-order valence-corrected chi connectivity index (χ1v) is 7.94. The Morgan fingerprint density at radius 2 is 2.04 bits per heavy atom. The molecule has 0 aliphatic carbocycles. The zero-order chi connectivity index (χ0) is 17.1. The zero-order valence-corrected chi connectivity index (χ0v) is 13.4. The van der Waals surface area contributed by atoms with Gasteiger partial charge in [-0.05, 0) is 49.2 Å². The van der Waals surface area contributed by atoms with Crippen molar-refractivity contribution in [3.05, 3.63) is 59.2 Å². The lowest BCUT2D eigenvalue weighted by Crippen LogP contribution is -2.38. The summed E-state index contributed by atoms with van der Waals surface area (Å²) in [7, 11) is 0. The fourth-order valence-corrected chi connectivity index (χ4v) is 2.82. The lowest BCUT2D eigenvalue weighted by molar-refractivity contribution is 0.247. The molecule has 2 aromatic carbocycles. The molecule has 1 aliphatic rings. The Morgan fingerprint density at radius 1 is 1.21 bits per heavy atom. The fraction of sp³-hybridized carbons (Fsp3) is 0.278. The standard InChI is InChI=1S/C18H19F2N3O/c1-2-21-18(24)23-8-7-12-3-5-15(10-17(12)23)22-11-13-9-14(19)4-6-16(13)20/h3-6,9-10,22H,2,7-8,11H2,1H3,(H,21,24). The molecule has 6 heteroatoms. The highest BCUT2D eigenvalue weighted by atomic mass is 19.1. The molecule has 1 heterocycles. The number of amides is 2. The van der Waals surface area contributed by atoms with E-state index < -0.39 is 11.6 Å². The molecule has 1 aliphatic heterocycles. The second kappa shape index (κ2) is 6.86. The third-order valence-electron chi connectivity index (χ3n) is 4.04. The fourth-order valence-electron chi connectivity index (χ4n) is 2.82. The number of anilines is 2. The maximum atomic E-state index is 13.7. The van der Waals surface area contributed by atoms with E-state index in [2.05, 4.69) is 10.6 Å². The number of hydrogen-bond acceptors (Lipinski definition) is 2. The van der Waals surface area contributed by atoms with Gasteiger partial charge in [0.25, 0.3) is 0 Å². The Bertz CT molecular complexity index is 764. The van der Waals surface area contributed by atoms with Crippen molar-refractivity contribution in [1.82, 2.24) is 5.32 Å². The SMILES string of the molecule is CCNC(=O)N1CCc2ccc(NCc3cc(F)ccc3F)cc21. The summed E-state index contributed by atoms with van der Waals surface area (Å²) in [6.07, 6.45) is 0.811. The normalized spacial score (nSPS) is 12.9. The number of carbonyl (C=O) groups excluding carboxylic acids is 1. The van der Waals surface area contributed by atoms with E-state index >= 15 is 0 Å². The number of halogens is 2. The van der Waals surface area contributed by atoms with Crippen molar-refractivity contribution >= 4 is 17.4 Å². The zero-order valence-electron chi connectivity index (χ0n) is 13.4. The largest absolute Gasteiger partial charge is 0.381 e. The van der Waals surface area contributed by atoms with Crippen LogP contribution in [0.5, 0.6) is 0 Å². The minimum Gasteiger partial charge on any atom is -0.381 e. The lowest BCUT2D eigenvalue weighted by Gasteiger charge is -2.18. The maximum Gasteiger partial charge on any atom is 0.321 e. The van der Waals surface area contributed by atoms with Crippen LogP contribution in [-0.4, -0.2) is 19.1 Å². The molecule has 0 fully saturated rings. The van der Waals surface area contributed by atoms with Crippen LogP contribution in [0, 0.1) is 11.6 Å². The second-order valence-corrected chi connectivity index (χ2v) is 5.67. The molecule has 0 radical (unpaired) electrons. The highest BCUT2D eigenvalue weighted by Gasteiger charge is 2.24. The van der Waals surface area contributed by atoms with Crippen molar-refractivity contribution in [3.63, 3.8) is 0 Å². The van der Waals surface area contributed by atoms with Crippen molar-refractivity contribution in [2.75, 3.05) is 23.3 Å². The topological polar surface area (TPSA) is 44.4 Å². The quantitative estimate of drug-likeness (QED) is 0.898. The van der Waals surface area contributed by atoms with Gasteiger partial charge in [0.15, 0.2) is 0 Å². The predicted octanol–water partition coefficient (Wildman–Crippen LogP) is 3.67. The Labute approximate surface area is 139 Å². The van der Waals surface area contributed by atoms with Gasteiger partial charge in [0.1, 0.15) is 11.6 Å². The van der Waals surface area contributed by atoms with Crippen LogP contribution >= 0.6 is 0 Å². The van der Waals surface area contributed by atoms with Gasteiger partial charge in [0, 0.05) is 30.9 Å². The molecule has 3 rings (SSSR count). The van der Waals surface area contributed by atoms with E-state index in [0.29, 0.717) is 13.1 Å². The van der Waals surface area contributed by atoms with Crippen LogP contribution in [0.3, 0.4) is 0 Å². The summed E-state index contributed by atoms with van der Waals surface area (Å²) in [6.45, 7) is 3.26. The van der Waals surface area contributed by atoms with Gasteiger partial charge in [-0.15, -0.1) is 0 Å². The molecular formula is C18H19F2N3O. The summed E-state index contributed by atoms with van der Waals surface area (Å²) in [4.78, 5) is 13.8. The molecule has 126 valence electrons. The van der Waals surface area contributed by atoms with Gasteiger partial charge in [-0.3, -0.25) is 4.90 Å². The Kier molecular flexibility index (Phi) is 4.64. The first-order valence-electron chi connectivity index (χ1n) is 7.94. The summed E-state index contributed by atoms with van der Waals surface area (Å²) < 4.78 is 26.9. The molecule has 0 atom stereocenters. The third-order valence-corrected chi connectivity index (χ3v) is 4.04. The first-order chi connectivity index (χ1) is 11.6. The molecule has 0 bridgehead atoms. The van der Waals surface area contributed by atoms with Crippen molar-refractivity contribution in [3.8, 4) is 0 Å². The number of hydrogen-bond donors (Lipinski definition) is 2. The molecule has 0 saturated carbocycles. The Morgan fingerprint density at radius 3 is 2.83 bits per heavy atom. The summed E-state index contributed by atoms with van der Waals surface area (Å²) in [5, 5.41) is 5.88. The minimum absolute atomic E-state index is 0.121. The summed E-state index contributed by atoms with van der Waals surface area (Å²) in [5.74, 6) is -0.918. The van der Waals surface area contributed by atoms with Gasteiger partial charge in [-0.25, -0.2) is 13.6 Å². The van der Waals surface area contributed by atoms with E-state index in [1.54, 1.807) is 4.90 Å². The highest BCUT2D eigenvalue weighted by molar-refractivity contribution is 5.94. The van der Waals surface area contributed by atoms with Gasteiger partial charge in [0.2, 0.25) is 0 Å². The molecule has 24 heavy (non-hydrogen) atoms. The smallest absolute Gasteiger partial charge is 0.321 e. The number of benzene rings is 2. The molecule has 0 saturated heterocycles. The number of rotatable bonds is 4. The monoisotopic (exact) mass is 331 g/mol. The molecule has 4 nitrogen and oxygen atoms in total. The van der Waals surface area contributed by atoms with Crippen LogP contribution in [0.2, 0.25) is 0 Å². The van der Waals surface area contributed by atoms with Crippen LogP contribution in [-0.2, 0) is 13.0 Å². The van der Waals surface area contributed by atoms with Crippen LogP contribution in [0.1, 0.15) is 18.1 Å². The molecule has 2 aromatic rings. The van der Waals surface area contributed by atoms with Gasteiger partial charge < -0.3 is 10.6 Å². The van der Waals surface area contributed by atoms with Crippen molar-refractivity contribution < 1.29 is 13.6 Å². The van der Waals surface area contributed by atoms with E-state index in [1.807, 2.05) is 25.1 Å². The first kappa shape index (κ1) is 16.2. The van der Waals surface area contributed by atoms with Gasteiger partial charge in [-0.1, -0.05) is 6.07 Å². The Hall–Kier alpha value is -2.63. The van der Waals surface area contributed by atoms with Gasteiger partial charge >= 0.3 is 6.03 Å². The second-order valence-electron chi connectivity index (χ2n) is 5.67. The summed E-state index contributed by atoms with van der Waals surface area (Å²) in [6, 6.07) is 8.98. The van der Waals surface area contributed by atoms with Gasteiger partial charge in [0.05, 0.1) is 5.69 Å². The average molecular weight is 331 g/mol. The number of carbonyl (C=O) groups is 1. The lowest BCUT2D eigenvalue weighted by atomic mass is 10.1. The number of nitrogens with one attached hydrogen (secondary N) is 2. The Balaban J connectivity index is 1.75. The third kappa shape index (κ3) is 3.32. The van der Waals surface area contributed by atoms with Crippen LogP contribution in [0.4, 0.5) is 25.0 Å². The number of urea groups is 1. The highest BCUT2D eigenvalue weighted by Crippen LogP contribution is 2.31. The van der Waals surface area contributed by atoms with Gasteiger partial charge in [-0.2, -0.15) is 0 Å². The van der Waals surface area contributed by atoms with E-state index in [-0.39, 0.29) is 18.1 Å². The minimum atomic E-state index is -0.468. The van der Waals surface area contributed by atoms with E-state index in [4.69, 9.17) is 0 Å². The van der Waals surface area contributed by atoms with E-state index in [9.17, 15) is 13.6 Å². The average Bonchev–Trinajstić information content (AvgIpc) is 2.99. The van der Waals surface area contributed by atoms with E-state index in [1.165, 1.54) is 6.07 Å².